The molecule has 0 aliphatic heterocycles. The summed E-state index contributed by atoms with van der Waals surface area (Å²) >= 11 is 1.65. The van der Waals surface area contributed by atoms with Crippen LogP contribution in [0.3, 0.4) is 0 Å². The van der Waals surface area contributed by atoms with Crippen molar-refractivity contribution >= 4 is 42.3 Å². The quantitative estimate of drug-likeness (QED) is 0.579. The van der Waals surface area contributed by atoms with Gasteiger partial charge in [-0.2, -0.15) is 0 Å². The van der Waals surface area contributed by atoms with E-state index < -0.39 is 26.1 Å². The normalized spacial score (nSPS) is 12.6. The Hall–Kier alpha value is -0.220. The van der Waals surface area contributed by atoms with Crippen LogP contribution in [0.1, 0.15) is 0 Å². The second-order valence-corrected chi connectivity index (χ2v) is 6.42. The van der Waals surface area contributed by atoms with E-state index in [4.69, 9.17) is 10.7 Å². The minimum Gasteiger partial charge on any atom is -0.406 e. The van der Waals surface area contributed by atoms with Crippen LogP contribution in [0.5, 0.6) is 5.75 Å². The maximum absolute atomic E-state index is 11.9. The lowest BCUT2D eigenvalue weighted by Gasteiger charge is -2.09. The molecule has 0 N–H and O–H groups in total. The van der Waals surface area contributed by atoms with Gasteiger partial charge in [-0.15, -0.1) is 13.2 Å². The Balaban J connectivity index is 3.19. The zero-order chi connectivity index (χ0) is 12.6. The van der Waals surface area contributed by atoms with Crippen molar-refractivity contribution in [2.45, 2.75) is 11.3 Å². The van der Waals surface area contributed by atoms with E-state index in [1.807, 2.05) is 0 Å². The molecule has 0 atom stereocenters. The van der Waals surface area contributed by atoms with E-state index in [9.17, 15) is 21.6 Å². The van der Waals surface area contributed by atoms with E-state index in [0.717, 1.165) is 12.1 Å². The summed E-state index contributed by atoms with van der Waals surface area (Å²) in [6, 6.07) is 2.88. The Morgan fingerprint density at radius 1 is 1.25 bits per heavy atom. The van der Waals surface area contributed by atoms with Gasteiger partial charge in [0, 0.05) is 20.3 Å². The van der Waals surface area contributed by atoms with Gasteiger partial charge in [-0.05, 0) is 34.7 Å². The number of hydrogen-bond acceptors (Lipinski definition) is 3. The van der Waals surface area contributed by atoms with Crippen molar-refractivity contribution in [1.29, 1.82) is 0 Å². The van der Waals surface area contributed by atoms with Crippen molar-refractivity contribution in [3.05, 3.63) is 21.8 Å². The van der Waals surface area contributed by atoms with Crippen molar-refractivity contribution in [2.24, 2.45) is 0 Å². The minimum atomic E-state index is -4.88. The number of halogens is 5. The predicted molar refractivity (Wildman–Crippen MR) is 58.9 cm³/mol. The molecule has 0 saturated heterocycles. The molecule has 0 fully saturated rings. The zero-order valence-electron chi connectivity index (χ0n) is 7.25. The molecule has 0 aromatic heterocycles. The van der Waals surface area contributed by atoms with E-state index in [-0.39, 0.29) is 3.57 Å². The molecule has 0 aliphatic rings. The van der Waals surface area contributed by atoms with Crippen LogP contribution in [-0.4, -0.2) is 14.8 Å². The predicted octanol–water partition coefficient (Wildman–Crippen LogP) is 3.12. The first-order chi connectivity index (χ1) is 7.08. The topological polar surface area (TPSA) is 43.4 Å². The summed E-state index contributed by atoms with van der Waals surface area (Å²) in [5, 5.41) is 0. The summed E-state index contributed by atoms with van der Waals surface area (Å²) in [5.41, 5.74) is 0. The van der Waals surface area contributed by atoms with Gasteiger partial charge in [-0.3, -0.25) is 0 Å². The summed E-state index contributed by atoms with van der Waals surface area (Å²) in [5.74, 6) is -0.626. The van der Waals surface area contributed by atoms with E-state index in [0.29, 0.717) is 6.07 Å². The molecule has 0 unspecified atom stereocenters. The first-order valence-corrected chi connectivity index (χ1v) is 6.98. The molecule has 1 aromatic carbocycles. The van der Waals surface area contributed by atoms with E-state index in [1.54, 1.807) is 22.6 Å². The molecule has 0 heterocycles. The van der Waals surface area contributed by atoms with Gasteiger partial charge in [0.2, 0.25) is 0 Å². The number of ether oxygens (including phenoxy) is 1. The van der Waals surface area contributed by atoms with E-state index >= 15 is 0 Å². The first-order valence-electron chi connectivity index (χ1n) is 3.59. The number of alkyl halides is 3. The third-order valence-electron chi connectivity index (χ3n) is 1.36. The van der Waals surface area contributed by atoms with Gasteiger partial charge in [0.1, 0.15) is 5.75 Å². The van der Waals surface area contributed by atoms with E-state index in [2.05, 4.69) is 4.74 Å². The molecular formula is C7H3ClF3IO3S. The SMILES string of the molecule is O=S(=O)(Cl)c1cc(I)cc(OC(F)(F)F)c1. The number of rotatable bonds is 2. The summed E-state index contributed by atoms with van der Waals surface area (Å²) in [6.45, 7) is 0. The molecule has 9 heteroatoms. The first kappa shape index (κ1) is 13.8. The van der Waals surface area contributed by atoms with Crippen molar-refractivity contribution in [3.63, 3.8) is 0 Å². The molecule has 0 bridgehead atoms. The summed E-state index contributed by atoms with van der Waals surface area (Å²) in [6.07, 6.45) is -4.88. The molecule has 0 amide bonds. The highest BCUT2D eigenvalue weighted by molar-refractivity contribution is 14.1. The Kier molecular flexibility index (Phi) is 3.95. The van der Waals surface area contributed by atoms with Crippen LogP contribution in [-0.2, 0) is 9.05 Å². The molecular weight excluding hydrogens is 383 g/mol. The Morgan fingerprint density at radius 2 is 1.81 bits per heavy atom. The van der Waals surface area contributed by atoms with Gasteiger partial charge >= 0.3 is 6.36 Å². The average molecular weight is 387 g/mol. The third-order valence-corrected chi connectivity index (χ3v) is 3.32. The van der Waals surface area contributed by atoms with Crippen LogP contribution >= 0.6 is 33.3 Å². The maximum Gasteiger partial charge on any atom is 0.573 e. The van der Waals surface area contributed by atoms with Crippen molar-refractivity contribution in [3.8, 4) is 5.75 Å². The van der Waals surface area contributed by atoms with Gasteiger partial charge in [-0.1, -0.05) is 0 Å². The average Bonchev–Trinajstić information content (AvgIpc) is 1.97. The Labute approximate surface area is 107 Å². The molecule has 0 spiro atoms. The number of benzene rings is 1. The molecule has 1 aromatic rings. The molecule has 0 aliphatic carbocycles. The smallest absolute Gasteiger partial charge is 0.406 e. The van der Waals surface area contributed by atoms with Crippen LogP contribution in [0.2, 0.25) is 0 Å². The lowest BCUT2D eigenvalue weighted by molar-refractivity contribution is -0.274. The lowest BCUT2D eigenvalue weighted by Crippen LogP contribution is -2.17. The fourth-order valence-corrected chi connectivity index (χ4v) is 2.52. The highest BCUT2D eigenvalue weighted by Gasteiger charge is 2.31. The fourth-order valence-electron chi connectivity index (χ4n) is 0.870. The molecule has 3 nitrogen and oxygen atoms in total. The summed E-state index contributed by atoms with van der Waals surface area (Å²) < 4.78 is 61.4. The zero-order valence-corrected chi connectivity index (χ0v) is 11.0. The molecule has 0 saturated carbocycles. The Morgan fingerprint density at radius 3 is 2.25 bits per heavy atom. The molecule has 1 rings (SSSR count). The van der Waals surface area contributed by atoms with Crippen LogP contribution in [0.4, 0.5) is 13.2 Å². The molecule has 16 heavy (non-hydrogen) atoms. The van der Waals surface area contributed by atoms with Crippen LogP contribution < -0.4 is 4.74 Å². The van der Waals surface area contributed by atoms with Crippen molar-refractivity contribution < 1.29 is 26.3 Å². The standard InChI is InChI=1S/C7H3ClF3IO3S/c8-16(13,14)6-2-4(12)1-5(3-6)15-7(9,10)11/h1-3H. The number of hydrogen-bond donors (Lipinski definition) is 0. The second-order valence-electron chi connectivity index (χ2n) is 2.61. The van der Waals surface area contributed by atoms with Gasteiger partial charge < -0.3 is 4.74 Å². The fraction of sp³-hybridized carbons (Fsp3) is 0.143. The highest BCUT2D eigenvalue weighted by atomic mass is 127. The monoisotopic (exact) mass is 386 g/mol. The molecule has 0 radical (unpaired) electrons. The Bertz CT molecular complexity index is 500. The van der Waals surface area contributed by atoms with Gasteiger partial charge in [0.05, 0.1) is 4.90 Å². The maximum atomic E-state index is 11.9. The lowest BCUT2D eigenvalue weighted by atomic mass is 10.3. The summed E-state index contributed by atoms with van der Waals surface area (Å²) in [7, 11) is 0.922. The van der Waals surface area contributed by atoms with Gasteiger partial charge in [0.25, 0.3) is 9.05 Å². The van der Waals surface area contributed by atoms with Crippen LogP contribution in [0, 0.1) is 3.57 Å². The van der Waals surface area contributed by atoms with Crippen LogP contribution in [0.25, 0.3) is 0 Å². The highest BCUT2D eigenvalue weighted by Crippen LogP contribution is 2.28. The van der Waals surface area contributed by atoms with Crippen molar-refractivity contribution in [2.75, 3.05) is 0 Å². The van der Waals surface area contributed by atoms with Crippen molar-refractivity contribution in [1.82, 2.24) is 0 Å². The minimum absolute atomic E-state index is 0.263. The second kappa shape index (κ2) is 4.57. The van der Waals surface area contributed by atoms with Gasteiger partial charge in [-0.25, -0.2) is 8.42 Å². The van der Waals surface area contributed by atoms with Crippen LogP contribution in [0.15, 0.2) is 23.1 Å². The summed E-state index contributed by atoms with van der Waals surface area (Å²) in [4.78, 5) is -0.444. The molecule has 90 valence electrons. The third kappa shape index (κ3) is 4.34. The van der Waals surface area contributed by atoms with E-state index in [1.165, 1.54) is 0 Å². The van der Waals surface area contributed by atoms with Gasteiger partial charge in [0.15, 0.2) is 0 Å². The largest absolute Gasteiger partial charge is 0.573 e.